The Kier molecular flexibility index (Phi) is 5.54. The second kappa shape index (κ2) is 7.04. The molecule has 0 bridgehead atoms. The molecule has 1 aromatic carbocycles. The van der Waals surface area contributed by atoms with Crippen LogP contribution in [-0.2, 0) is 6.42 Å². The lowest BCUT2D eigenvalue weighted by Crippen LogP contribution is -2.43. The summed E-state index contributed by atoms with van der Waals surface area (Å²) in [6, 6.07) is 5.02. The monoisotopic (exact) mass is 371 g/mol. The van der Waals surface area contributed by atoms with E-state index in [1.165, 1.54) is 34.6 Å². The van der Waals surface area contributed by atoms with Crippen molar-refractivity contribution < 1.29 is 21.8 Å². The van der Waals surface area contributed by atoms with Gasteiger partial charge in [-0.25, -0.2) is 4.57 Å². The molecule has 0 N–H and O–H groups in total. The van der Waals surface area contributed by atoms with Crippen LogP contribution in [0.3, 0.4) is 0 Å². The van der Waals surface area contributed by atoms with Crippen molar-refractivity contribution in [1.29, 1.82) is 0 Å². The largest absolute Gasteiger partial charge is 0.673 e. The van der Waals surface area contributed by atoms with Gasteiger partial charge in [-0.1, -0.05) is 43.1 Å². The van der Waals surface area contributed by atoms with Gasteiger partial charge in [0.25, 0.3) is 5.82 Å². The van der Waals surface area contributed by atoms with Crippen LogP contribution in [0.4, 0.5) is 17.3 Å². The number of aryl methyl sites for hydroxylation is 4. The number of aromatic nitrogens is 3. The third-order valence-electron chi connectivity index (χ3n) is 4.60. The van der Waals surface area contributed by atoms with Gasteiger partial charge in [-0.15, -0.1) is 0 Å². The third-order valence-corrected chi connectivity index (χ3v) is 4.60. The predicted octanol–water partition coefficient (Wildman–Crippen LogP) is 4.92. The van der Waals surface area contributed by atoms with Crippen LogP contribution in [0.5, 0.6) is 0 Å². The number of halogens is 4. The highest BCUT2D eigenvalue weighted by Gasteiger charge is 2.39. The minimum absolute atomic E-state index is 0.279. The molecule has 0 saturated heterocycles. The van der Waals surface area contributed by atoms with Crippen LogP contribution in [0.1, 0.15) is 55.7 Å². The second-order valence-corrected chi connectivity index (χ2v) is 8.05. The summed E-state index contributed by atoms with van der Waals surface area (Å²) in [6.45, 7) is 13.5. The highest BCUT2D eigenvalue weighted by molar-refractivity contribution is 6.50. The summed E-state index contributed by atoms with van der Waals surface area (Å²) in [5.41, 5.74) is 5.41. The van der Waals surface area contributed by atoms with Crippen LogP contribution in [0.15, 0.2) is 18.5 Å². The maximum absolute atomic E-state index is 9.75. The molecule has 1 aliphatic heterocycles. The summed E-state index contributed by atoms with van der Waals surface area (Å²) in [5, 5.41) is 4.86. The lowest BCUT2D eigenvalue weighted by molar-refractivity contribution is -0.729. The number of hydrogen-bond donors (Lipinski definition) is 0. The van der Waals surface area contributed by atoms with Crippen molar-refractivity contribution in [2.75, 3.05) is 0 Å². The molecule has 2 heterocycles. The van der Waals surface area contributed by atoms with Gasteiger partial charge in [-0.3, -0.25) is 0 Å². The van der Waals surface area contributed by atoms with Crippen LogP contribution in [0.2, 0.25) is 0 Å². The van der Waals surface area contributed by atoms with E-state index in [0.29, 0.717) is 6.04 Å². The first-order valence-electron chi connectivity index (χ1n) is 8.72. The van der Waals surface area contributed by atoms with E-state index in [9.17, 15) is 17.3 Å². The van der Waals surface area contributed by atoms with Crippen molar-refractivity contribution >= 4 is 7.25 Å². The Labute approximate surface area is 152 Å². The molecule has 26 heavy (non-hydrogen) atoms. The SMILES string of the molecule is Cc1cc(C)c(-n2c[n+]3c(n2)CC[C@@H]3C(C)(C)C)c(C)c1.F[B-](F)(F)F. The Balaban J connectivity index is 0.000000431. The molecule has 2 aromatic rings. The highest BCUT2D eigenvalue weighted by atomic mass is 19.5. The lowest BCUT2D eigenvalue weighted by atomic mass is 9.85. The van der Waals surface area contributed by atoms with Crippen molar-refractivity contribution in [3.05, 3.63) is 41.0 Å². The van der Waals surface area contributed by atoms with Crippen molar-refractivity contribution in [3.63, 3.8) is 0 Å². The van der Waals surface area contributed by atoms with Crippen molar-refractivity contribution in [1.82, 2.24) is 9.78 Å². The Hall–Kier alpha value is -1.86. The van der Waals surface area contributed by atoms with E-state index in [1.54, 1.807) is 0 Å². The average molecular weight is 371 g/mol. The predicted molar refractivity (Wildman–Crippen MR) is 95.0 cm³/mol. The van der Waals surface area contributed by atoms with E-state index in [0.717, 1.165) is 6.42 Å². The standard InChI is InChI=1S/C18H26N3.BF4/c1-12-9-13(2)17(14(3)10-12)21-11-20-15(18(4,5)6)7-8-16(20)19-21;2-1(3,4)5/h9-11,15H,7-8H2,1-6H3;/q+1;-1/t15-;/m1./s1. The summed E-state index contributed by atoms with van der Waals surface area (Å²) in [7, 11) is -6.00. The number of nitrogens with zero attached hydrogens (tertiary/aromatic N) is 3. The van der Waals surface area contributed by atoms with Gasteiger partial charge in [0, 0.05) is 11.5 Å². The van der Waals surface area contributed by atoms with Gasteiger partial charge >= 0.3 is 7.25 Å². The smallest absolute Gasteiger partial charge is 0.418 e. The Morgan fingerprint density at radius 3 is 2.04 bits per heavy atom. The van der Waals surface area contributed by atoms with Gasteiger partial charge < -0.3 is 17.3 Å². The van der Waals surface area contributed by atoms with Crippen molar-refractivity contribution in [2.24, 2.45) is 5.41 Å². The van der Waals surface area contributed by atoms with Gasteiger partial charge in [0.1, 0.15) is 5.69 Å². The first-order chi connectivity index (χ1) is 11.8. The summed E-state index contributed by atoms with van der Waals surface area (Å²) >= 11 is 0. The molecule has 3 nitrogen and oxygen atoms in total. The maximum Gasteiger partial charge on any atom is 0.673 e. The molecule has 0 spiro atoms. The lowest BCUT2D eigenvalue weighted by Gasteiger charge is -2.24. The topological polar surface area (TPSA) is 21.7 Å². The fourth-order valence-corrected chi connectivity index (χ4v) is 3.72. The van der Waals surface area contributed by atoms with Crippen LogP contribution in [0, 0.1) is 26.2 Å². The minimum Gasteiger partial charge on any atom is -0.418 e. The molecule has 1 aliphatic rings. The van der Waals surface area contributed by atoms with E-state index in [2.05, 4.69) is 69.3 Å². The van der Waals surface area contributed by atoms with Gasteiger partial charge in [-0.05, 0) is 43.7 Å². The zero-order valence-corrected chi connectivity index (χ0v) is 16.2. The zero-order chi connectivity index (χ0) is 19.9. The summed E-state index contributed by atoms with van der Waals surface area (Å²) in [5.74, 6) is 1.22. The highest BCUT2D eigenvalue weighted by Crippen LogP contribution is 2.33. The molecule has 1 atom stereocenters. The normalized spacial score (nSPS) is 16.9. The summed E-state index contributed by atoms with van der Waals surface area (Å²) < 4.78 is 43.5. The second-order valence-electron chi connectivity index (χ2n) is 8.05. The molecule has 144 valence electrons. The number of benzene rings is 1. The molecule has 0 aliphatic carbocycles. The maximum atomic E-state index is 9.75. The van der Waals surface area contributed by atoms with Gasteiger partial charge in [0.05, 0.1) is 6.04 Å². The molecule has 0 radical (unpaired) electrons. The van der Waals surface area contributed by atoms with E-state index in [4.69, 9.17) is 5.10 Å². The quantitative estimate of drug-likeness (QED) is 0.396. The molecule has 8 heteroatoms. The van der Waals surface area contributed by atoms with Gasteiger partial charge in [0.15, 0.2) is 0 Å². The van der Waals surface area contributed by atoms with Crippen LogP contribution >= 0.6 is 0 Å². The van der Waals surface area contributed by atoms with Crippen molar-refractivity contribution in [3.8, 4) is 5.69 Å². The van der Waals surface area contributed by atoms with Crippen LogP contribution < -0.4 is 4.57 Å². The van der Waals surface area contributed by atoms with Crippen LogP contribution in [0.25, 0.3) is 5.69 Å². The van der Waals surface area contributed by atoms with Crippen molar-refractivity contribution in [2.45, 2.75) is 60.4 Å². The molecule has 0 amide bonds. The molecule has 3 rings (SSSR count). The fourth-order valence-electron chi connectivity index (χ4n) is 3.72. The number of rotatable bonds is 1. The molecule has 1 aromatic heterocycles. The van der Waals surface area contributed by atoms with E-state index >= 15 is 0 Å². The summed E-state index contributed by atoms with van der Waals surface area (Å²) in [6.07, 6.45) is 4.49. The zero-order valence-electron chi connectivity index (χ0n) is 16.2. The van der Waals surface area contributed by atoms with Gasteiger partial charge in [0.2, 0.25) is 6.33 Å². The average Bonchev–Trinajstić information content (AvgIpc) is 2.93. The molecule has 0 unspecified atom stereocenters. The molecule has 0 fully saturated rings. The minimum atomic E-state index is -6.00. The third kappa shape index (κ3) is 4.86. The Morgan fingerprint density at radius 1 is 1.08 bits per heavy atom. The molecular formula is C18H26BF4N3. The van der Waals surface area contributed by atoms with Gasteiger partial charge in [-0.2, -0.15) is 0 Å². The fraction of sp³-hybridized carbons (Fsp3) is 0.556. The molecule has 0 saturated carbocycles. The van der Waals surface area contributed by atoms with E-state index in [-0.39, 0.29) is 5.41 Å². The number of fused-ring (bicyclic) bond motifs is 1. The van der Waals surface area contributed by atoms with E-state index < -0.39 is 7.25 Å². The number of hydrogen-bond acceptors (Lipinski definition) is 1. The van der Waals surface area contributed by atoms with Crippen LogP contribution in [-0.4, -0.2) is 17.0 Å². The van der Waals surface area contributed by atoms with E-state index in [1.807, 2.05) is 0 Å². The Morgan fingerprint density at radius 2 is 1.58 bits per heavy atom. The molecular weight excluding hydrogens is 345 g/mol. The Bertz CT molecular complexity index is 762. The summed E-state index contributed by atoms with van der Waals surface area (Å²) in [4.78, 5) is 0. The first-order valence-corrected chi connectivity index (χ1v) is 8.72. The first kappa shape index (κ1) is 20.5.